The fourth-order valence-corrected chi connectivity index (χ4v) is 2.44. The van der Waals surface area contributed by atoms with Crippen molar-refractivity contribution in [2.45, 2.75) is 18.9 Å². The van der Waals surface area contributed by atoms with Gasteiger partial charge in [-0.2, -0.15) is 0 Å². The fourth-order valence-electron chi connectivity index (χ4n) is 2.44. The summed E-state index contributed by atoms with van der Waals surface area (Å²) in [6.45, 7) is 1.13. The van der Waals surface area contributed by atoms with Gasteiger partial charge in [0, 0.05) is 31.7 Å². The zero-order valence-electron chi connectivity index (χ0n) is 10.4. The van der Waals surface area contributed by atoms with Gasteiger partial charge < -0.3 is 19.6 Å². The molecule has 0 aliphatic carbocycles. The van der Waals surface area contributed by atoms with Crippen LogP contribution in [0.25, 0.3) is 11.5 Å². The zero-order valence-corrected chi connectivity index (χ0v) is 10.4. The van der Waals surface area contributed by atoms with Crippen molar-refractivity contribution < 1.29 is 9.90 Å². The number of hydrogen-bond donors (Lipinski definition) is 2. The monoisotopic (exact) mass is 261 g/mol. The number of amides is 1. The summed E-state index contributed by atoms with van der Waals surface area (Å²) >= 11 is 0. The third kappa shape index (κ3) is 2.31. The minimum absolute atomic E-state index is 0.154. The number of nitrogens with one attached hydrogen (secondary N) is 1. The number of piperidine rings is 1. The van der Waals surface area contributed by atoms with E-state index in [2.05, 4.69) is 15.0 Å². The molecule has 0 saturated carbocycles. The van der Waals surface area contributed by atoms with Crippen LogP contribution < -0.4 is 0 Å². The number of rotatable bonds is 2. The number of hydrogen-bond acceptors (Lipinski definition) is 3. The van der Waals surface area contributed by atoms with Crippen molar-refractivity contribution in [3.05, 3.63) is 24.9 Å². The molecule has 2 N–H and O–H groups in total. The minimum Gasteiger partial charge on any atom is -0.465 e. The largest absolute Gasteiger partial charge is 0.465 e. The molecule has 100 valence electrons. The second-order valence-corrected chi connectivity index (χ2v) is 4.67. The summed E-state index contributed by atoms with van der Waals surface area (Å²) in [6.07, 6.45) is 8.09. The van der Waals surface area contributed by atoms with Crippen molar-refractivity contribution in [2.24, 2.45) is 0 Å². The summed E-state index contributed by atoms with van der Waals surface area (Å²) in [5.41, 5.74) is 0.775. The standard InChI is InChI=1S/C12H15N5O2/c18-12(19)16-5-1-2-9(6-16)17-7-10(15-8-17)11-13-3-4-14-11/h3-4,7-9H,1-2,5-6H2,(H,13,14)(H,18,19). The van der Waals surface area contributed by atoms with Crippen LogP contribution in [0.15, 0.2) is 24.9 Å². The van der Waals surface area contributed by atoms with Gasteiger partial charge in [-0.15, -0.1) is 0 Å². The van der Waals surface area contributed by atoms with Crippen molar-refractivity contribution in [1.82, 2.24) is 24.4 Å². The first-order valence-corrected chi connectivity index (χ1v) is 6.25. The molecule has 0 aromatic carbocycles. The van der Waals surface area contributed by atoms with Crippen LogP contribution in [0.3, 0.4) is 0 Å². The maximum Gasteiger partial charge on any atom is 0.407 e. The molecule has 0 bridgehead atoms. The molecular formula is C12H15N5O2. The maximum absolute atomic E-state index is 11.0. The van der Waals surface area contributed by atoms with E-state index in [0.29, 0.717) is 13.1 Å². The Morgan fingerprint density at radius 2 is 2.37 bits per heavy atom. The van der Waals surface area contributed by atoms with Crippen LogP contribution in [0.1, 0.15) is 18.9 Å². The smallest absolute Gasteiger partial charge is 0.407 e. The Balaban J connectivity index is 1.77. The minimum atomic E-state index is -0.851. The molecule has 2 aromatic heterocycles. The van der Waals surface area contributed by atoms with E-state index in [9.17, 15) is 4.79 Å². The lowest BCUT2D eigenvalue weighted by molar-refractivity contribution is 0.121. The van der Waals surface area contributed by atoms with Crippen LogP contribution in [-0.2, 0) is 0 Å². The molecule has 3 heterocycles. The zero-order chi connectivity index (χ0) is 13.2. The molecule has 19 heavy (non-hydrogen) atoms. The first kappa shape index (κ1) is 11.8. The van der Waals surface area contributed by atoms with Gasteiger partial charge in [0.1, 0.15) is 5.69 Å². The van der Waals surface area contributed by atoms with Crippen molar-refractivity contribution in [3.8, 4) is 11.5 Å². The lowest BCUT2D eigenvalue weighted by atomic mass is 10.1. The summed E-state index contributed by atoms with van der Waals surface area (Å²) in [5, 5.41) is 9.04. The van der Waals surface area contributed by atoms with Crippen LogP contribution in [0.4, 0.5) is 4.79 Å². The second-order valence-electron chi connectivity index (χ2n) is 4.67. The van der Waals surface area contributed by atoms with E-state index in [-0.39, 0.29) is 6.04 Å². The lowest BCUT2D eigenvalue weighted by Crippen LogP contribution is -2.39. The average Bonchev–Trinajstić information content (AvgIpc) is 3.09. The summed E-state index contributed by atoms with van der Waals surface area (Å²) in [4.78, 5) is 23.9. The fraction of sp³-hybridized carbons (Fsp3) is 0.417. The summed E-state index contributed by atoms with van der Waals surface area (Å²) < 4.78 is 1.98. The molecule has 0 radical (unpaired) electrons. The number of carbonyl (C=O) groups is 1. The Morgan fingerprint density at radius 3 is 3.11 bits per heavy atom. The van der Waals surface area contributed by atoms with Gasteiger partial charge >= 0.3 is 6.09 Å². The number of likely N-dealkylation sites (tertiary alicyclic amines) is 1. The van der Waals surface area contributed by atoms with E-state index in [1.807, 2.05) is 10.8 Å². The molecule has 7 nitrogen and oxygen atoms in total. The van der Waals surface area contributed by atoms with E-state index in [0.717, 1.165) is 24.4 Å². The normalized spacial score (nSPS) is 19.6. The van der Waals surface area contributed by atoms with E-state index < -0.39 is 6.09 Å². The molecule has 1 aliphatic rings. The quantitative estimate of drug-likeness (QED) is 0.859. The topological polar surface area (TPSA) is 87.0 Å². The van der Waals surface area contributed by atoms with Crippen molar-refractivity contribution in [2.75, 3.05) is 13.1 Å². The van der Waals surface area contributed by atoms with Crippen LogP contribution in [-0.4, -0.2) is 48.7 Å². The first-order chi connectivity index (χ1) is 9.24. The highest BCUT2D eigenvalue weighted by Crippen LogP contribution is 2.23. The van der Waals surface area contributed by atoms with Gasteiger partial charge in [0.2, 0.25) is 0 Å². The molecule has 1 amide bonds. The Kier molecular flexibility index (Phi) is 2.94. The molecule has 1 fully saturated rings. The van der Waals surface area contributed by atoms with Crippen molar-refractivity contribution in [3.63, 3.8) is 0 Å². The van der Waals surface area contributed by atoms with E-state index >= 15 is 0 Å². The summed E-state index contributed by atoms with van der Waals surface area (Å²) in [6, 6.07) is 0.154. The molecule has 3 rings (SSSR count). The maximum atomic E-state index is 11.0. The number of aromatic nitrogens is 4. The van der Waals surface area contributed by atoms with Gasteiger partial charge in [0.05, 0.1) is 12.4 Å². The van der Waals surface area contributed by atoms with Gasteiger partial charge in [0.15, 0.2) is 5.82 Å². The van der Waals surface area contributed by atoms with E-state index in [1.165, 1.54) is 4.90 Å². The number of H-pyrrole nitrogens is 1. The van der Waals surface area contributed by atoms with Crippen LogP contribution in [0.2, 0.25) is 0 Å². The Bertz CT molecular complexity index is 562. The van der Waals surface area contributed by atoms with Crippen LogP contribution >= 0.6 is 0 Å². The lowest BCUT2D eigenvalue weighted by Gasteiger charge is -2.31. The third-order valence-corrected chi connectivity index (χ3v) is 3.43. The number of nitrogens with zero attached hydrogens (tertiary/aromatic N) is 4. The van der Waals surface area contributed by atoms with Gasteiger partial charge in [0.25, 0.3) is 0 Å². The summed E-state index contributed by atoms with van der Waals surface area (Å²) in [7, 11) is 0. The molecular weight excluding hydrogens is 246 g/mol. The van der Waals surface area contributed by atoms with Crippen LogP contribution in [0.5, 0.6) is 0 Å². The molecule has 2 aromatic rings. The molecule has 0 spiro atoms. The Hall–Kier alpha value is -2.31. The summed E-state index contributed by atoms with van der Waals surface area (Å²) in [5.74, 6) is 0.727. The number of carboxylic acid groups (broad SMARTS) is 1. The molecule has 1 aliphatic heterocycles. The number of imidazole rings is 2. The highest BCUT2D eigenvalue weighted by Gasteiger charge is 2.24. The number of aromatic amines is 1. The molecule has 7 heteroatoms. The highest BCUT2D eigenvalue weighted by molar-refractivity contribution is 5.65. The third-order valence-electron chi connectivity index (χ3n) is 3.43. The average molecular weight is 261 g/mol. The predicted molar refractivity (Wildman–Crippen MR) is 67.7 cm³/mol. The SMILES string of the molecule is O=C(O)N1CCCC(n2cnc(-c3ncc[nH]3)c2)C1. The Morgan fingerprint density at radius 1 is 1.47 bits per heavy atom. The van der Waals surface area contributed by atoms with Gasteiger partial charge in [-0.25, -0.2) is 14.8 Å². The molecule has 1 saturated heterocycles. The predicted octanol–water partition coefficient (Wildman–Crippen LogP) is 1.59. The van der Waals surface area contributed by atoms with Crippen molar-refractivity contribution in [1.29, 1.82) is 0 Å². The molecule has 1 unspecified atom stereocenters. The molecule has 1 atom stereocenters. The van der Waals surface area contributed by atoms with E-state index in [4.69, 9.17) is 5.11 Å². The van der Waals surface area contributed by atoms with Gasteiger partial charge in [-0.05, 0) is 12.8 Å². The van der Waals surface area contributed by atoms with E-state index in [1.54, 1.807) is 18.7 Å². The van der Waals surface area contributed by atoms with Crippen molar-refractivity contribution >= 4 is 6.09 Å². The van der Waals surface area contributed by atoms with Crippen LogP contribution in [0, 0.1) is 0 Å². The highest BCUT2D eigenvalue weighted by atomic mass is 16.4. The van der Waals surface area contributed by atoms with Gasteiger partial charge in [-0.1, -0.05) is 0 Å². The second kappa shape index (κ2) is 4.75. The first-order valence-electron chi connectivity index (χ1n) is 6.25. The Labute approximate surface area is 109 Å². The van der Waals surface area contributed by atoms with Gasteiger partial charge in [-0.3, -0.25) is 0 Å².